The second-order valence-corrected chi connectivity index (χ2v) is 7.86. The molecule has 2 aromatic heterocycles. The van der Waals surface area contributed by atoms with Gasteiger partial charge < -0.3 is 5.32 Å². The Morgan fingerprint density at radius 1 is 1.27 bits per heavy atom. The Balaban J connectivity index is 1.87. The molecule has 30 heavy (non-hydrogen) atoms. The van der Waals surface area contributed by atoms with Crippen LogP contribution in [0.2, 0.25) is 0 Å². The van der Waals surface area contributed by atoms with Crippen LogP contribution in [0.3, 0.4) is 0 Å². The van der Waals surface area contributed by atoms with Gasteiger partial charge in [0, 0.05) is 23.1 Å². The number of hydrogen-bond acceptors (Lipinski definition) is 5. The normalized spacial score (nSPS) is 11.7. The van der Waals surface area contributed by atoms with Crippen molar-refractivity contribution in [3.63, 3.8) is 0 Å². The number of carbonyl (C=O) groups is 1. The lowest BCUT2D eigenvalue weighted by Crippen LogP contribution is -2.31. The number of aromatic nitrogens is 3. The van der Waals surface area contributed by atoms with E-state index in [0.29, 0.717) is 11.4 Å². The minimum absolute atomic E-state index is 0.0949. The molecule has 0 bridgehead atoms. The topological polar surface area (TPSA) is 76.9 Å². The highest BCUT2D eigenvalue weighted by Gasteiger charge is 2.30. The zero-order valence-corrected chi connectivity index (χ0v) is 17.3. The van der Waals surface area contributed by atoms with Crippen molar-refractivity contribution in [1.29, 1.82) is 0 Å². The number of benzene rings is 1. The quantitative estimate of drug-likeness (QED) is 0.654. The summed E-state index contributed by atoms with van der Waals surface area (Å²) in [6.07, 6.45) is -4.52. The largest absolute Gasteiger partial charge is 0.416 e. The summed E-state index contributed by atoms with van der Waals surface area (Å²) in [7, 11) is 0. The predicted molar refractivity (Wildman–Crippen MR) is 107 cm³/mol. The Kier molecular flexibility index (Phi) is 6.06. The molecule has 0 aliphatic carbocycles. The van der Waals surface area contributed by atoms with E-state index in [4.69, 9.17) is 0 Å². The van der Waals surface area contributed by atoms with Crippen molar-refractivity contribution >= 4 is 17.2 Å². The van der Waals surface area contributed by atoms with Crippen LogP contribution < -0.4 is 10.7 Å². The molecule has 1 N–H and O–H groups in total. The first-order valence-corrected chi connectivity index (χ1v) is 9.95. The van der Waals surface area contributed by atoms with Crippen LogP contribution in [-0.4, -0.2) is 20.7 Å². The Hall–Kier alpha value is -3.01. The van der Waals surface area contributed by atoms with Gasteiger partial charge in [-0.3, -0.25) is 9.59 Å². The fraction of sp³-hybridized carbons (Fsp3) is 0.300. The first-order chi connectivity index (χ1) is 14.1. The maximum atomic E-state index is 13.0. The van der Waals surface area contributed by atoms with E-state index in [-0.39, 0.29) is 18.2 Å². The minimum atomic E-state index is -4.52. The van der Waals surface area contributed by atoms with Crippen LogP contribution in [0, 0.1) is 6.92 Å². The van der Waals surface area contributed by atoms with Gasteiger partial charge in [-0.2, -0.15) is 18.3 Å². The molecule has 1 amide bonds. The Morgan fingerprint density at radius 3 is 2.63 bits per heavy atom. The summed E-state index contributed by atoms with van der Waals surface area (Å²) >= 11 is 1.48. The molecule has 0 spiro atoms. The number of thiazole rings is 1. The van der Waals surface area contributed by atoms with Crippen molar-refractivity contribution < 1.29 is 18.0 Å². The van der Waals surface area contributed by atoms with E-state index < -0.39 is 28.8 Å². The molecule has 0 unspecified atom stereocenters. The average molecular weight is 436 g/mol. The molecule has 6 nitrogen and oxygen atoms in total. The molecule has 0 fully saturated rings. The SMILES string of the molecule is Cc1cc(=O)c(C(=O)NCc2csc(C(C)C)n2)nn1-c1cccc(C(F)(F)F)c1. The molecule has 1 aromatic carbocycles. The van der Waals surface area contributed by atoms with Crippen LogP contribution in [0.5, 0.6) is 0 Å². The monoisotopic (exact) mass is 436 g/mol. The number of aryl methyl sites for hydroxylation is 1. The number of hydrogen-bond donors (Lipinski definition) is 1. The van der Waals surface area contributed by atoms with E-state index in [1.54, 1.807) is 0 Å². The summed E-state index contributed by atoms with van der Waals surface area (Å²) in [5, 5.41) is 9.36. The molecule has 158 valence electrons. The van der Waals surface area contributed by atoms with Crippen molar-refractivity contribution in [3.05, 3.63) is 73.6 Å². The van der Waals surface area contributed by atoms with Gasteiger partial charge in [-0.05, 0) is 25.1 Å². The van der Waals surface area contributed by atoms with Gasteiger partial charge >= 0.3 is 6.18 Å². The van der Waals surface area contributed by atoms with Crippen LogP contribution in [0.4, 0.5) is 13.2 Å². The molecule has 2 heterocycles. The third kappa shape index (κ3) is 4.76. The summed E-state index contributed by atoms with van der Waals surface area (Å²) in [6, 6.07) is 5.68. The van der Waals surface area contributed by atoms with Crippen molar-refractivity contribution in [2.45, 2.75) is 39.4 Å². The van der Waals surface area contributed by atoms with Gasteiger partial charge in [0.25, 0.3) is 5.91 Å². The number of halogens is 3. The van der Waals surface area contributed by atoms with Crippen LogP contribution in [0.15, 0.2) is 40.5 Å². The number of nitrogens with one attached hydrogen (secondary N) is 1. The summed E-state index contributed by atoms with van der Waals surface area (Å²) in [5.41, 5.74) is -0.821. The van der Waals surface area contributed by atoms with Crippen molar-refractivity contribution in [3.8, 4) is 5.69 Å². The van der Waals surface area contributed by atoms with E-state index in [2.05, 4.69) is 15.4 Å². The zero-order chi connectivity index (χ0) is 22.1. The van der Waals surface area contributed by atoms with Gasteiger partial charge in [0.2, 0.25) is 5.43 Å². The highest BCUT2D eigenvalue weighted by Crippen LogP contribution is 2.30. The first-order valence-electron chi connectivity index (χ1n) is 9.07. The van der Waals surface area contributed by atoms with Crippen molar-refractivity contribution in [2.75, 3.05) is 0 Å². The van der Waals surface area contributed by atoms with E-state index in [1.165, 1.54) is 36.5 Å². The molecular weight excluding hydrogens is 417 g/mol. The molecule has 0 aliphatic heterocycles. The highest BCUT2D eigenvalue weighted by molar-refractivity contribution is 7.09. The fourth-order valence-electron chi connectivity index (χ4n) is 2.70. The molecular formula is C20H19F3N4O2S. The Labute approximate surface area is 174 Å². The third-order valence-corrected chi connectivity index (χ3v) is 5.43. The smallest absolute Gasteiger partial charge is 0.345 e. The van der Waals surface area contributed by atoms with E-state index in [1.807, 2.05) is 19.2 Å². The van der Waals surface area contributed by atoms with Crippen LogP contribution in [0.1, 0.15) is 52.2 Å². The lowest BCUT2D eigenvalue weighted by Gasteiger charge is -2.13. The fourth-order valence-corrected chi connectivity index (χ4v) is 3.54. The van der Waals surface area contributed by atoms with Gasteiger partial charge in [-0.15, -0.1) is 11.3 Å². The molecule has 0 saturated carbocycles. The number of amides is 1. The van der Waals surface area contributed by atoms with Gasteiger partial charge in [-0.25, -0.2) is 9.67 Å². The summed E-state index contributed by atoms with van der Waals surface area (Å²) in [4.78, 5) is 29.2. The number of rotatable bonds is 5. The van der Waals surface area contributed by atoms with Gasteiger partial charge in [0.05, 0.1) is 28.5 Å². The average Bonchev–Trinajstić information content (AvgIpc) is 3.15. The van der Waals surface area contributed by atoms with Crippen molar-refractivity contribution in [2.24, 2.45) is 0 Å². The highest BCUT2D eigenvalue weighted by atomic mass is 32.1. The van der Waals surface area contributed by atoms with Crippen LogP contribution >= 0.6 is 11.3 Å². The molecule has 0 radical (unpaired) electrons. The molecule has 0 saturated heterocycles. The lowest BCUT2D eigenvalue weighted by atomic mass is 10.2. The maximum absolute atomic E-state index is 13.0. The second kappa shape index (κ2) is 8.39. The van der Waals surface area contributed by atoms with E-state index in [0.717, 1.165) is 21.8 Å². The van der Waals surface area contributed by atoms with Crippen molar-refractivity contribution in [1.82, 2.24) is 20.1 Å². The standard InChI is InChI=1S/C20H19F3N4O2S/c1-11(2)19-25-14(10-30-19)9-24-18(29)17-16(28)7-12(3)27(26-17)15-6-4-5-13(8-15)20(21,22)23/h4-8,10-11H,9H2,1-3H3,(H,24,29). The maximum Gasteiger partial charge on any atom is 0.416 e. The molecule has 3 aromatic rings. The Bertz CT molecular complexity index is 1140. The minimum Gasteiger partial charge on any atom is -0.345 e. The molecule has 3 rings (SSSR count). The number of nitrogens with zero attached hydrogens (tertiary/aromatic N) is 3. The van der Waals surface area contributed by atoms with Gasteiger partial charge in [-0.1, -0.05) is 19.9 Å². The lowest BCUT2D eigenvalue weighted by molar-refractivity contribution is -0.137. The van der Waals surface area contributed by atoms with Gasteiger partial charge in [0.15, 0.2) is 5.69 Å². The zero-order valence-electron chi connectivity index (χ0n) is 16.4. The molecule has 10 heteroatoms. The number of alkyl halides is 3. The second-order valence-electron chi connectivity index (χ2n) is 6.97. The van der Waals surface area contributed by atoms with E-state index in [9.17, 15) is 22.8 Å². The van der Waals surface area contributed by atoms with Gasteiger partial charge in [0.1, 0.15) is 0 Å². The third-order valence-electron chi connectivity index (χ3n) is 4.23. The Morgan fingerprint density at radius 2 is 2.00 bits per heavy atom. The number of carbonyl (C=O) groups excluding carboxylic acids is 1. The molecule has 0 aliphatic rings. The predicted octanol–water partition coefficient (Wildman–Crippen LogP) is 4.07. The van der Waals surface area contributed by atoms with E-state index >= 15 is 0 Å². The molecule has 0 atom stereocenters. The summed E-state index contributed by atoms with van der Waals surface area (Å²) < 4.78 is 40.2. The first kappa shape index (κ1) is 21.7. The summed E-state index contributed by atoms with van der Waals surface area (Å²) in [6.45, 7) is 5.65. The van der Waals surface area contributed by atoms with Crippen LogP contribution in [-0.2, 0) is 12.7 Å². The van der Waals surface area contributed by atoms with Crippen LogP contribution in [0.25, 0.3) is 5.69 Å². The summed E-state index contributed by atoms with van der Waals surface area (Å²) in [5.74, 6) is -0.460.